The second kappa shape index (κ2) is 7.90. The fourth-order valence-electron chi connectivity index (χ4n) is 4.05. The first-order valence-electron chi connectivity index (χ1n) is 9.85. The van der Waals surface area contributed by atoms with Crippen molar-refractivity contribution in [1.82, 2.24) is 29.6 Å². The van der Waals surface area contributed by atoms with Crippen molar-refractivity contribution in [3.8, 4) is 0 Å². The normalized spacial score (nSPS) is 21.6. The molecule has 2 aliphatic rings. The molecule has 4 rings (SSSR count). The summed E-state index contributed by atoms with van der Waals surface area (Å²) in [7, 11) is 2.09. The van der Waals surface area contributed by atoms with Gasteiger partial charge in [0.1, 0.15) is 11.6 Å². The third-order valence-corrected chi connectivity index (χ3v) is 5.51. The maximum atomic E-state index is 5.44. The highest BCUT2D eigenvalue weighted by molar-refractivity contribution is 5.34. The molecular formula is C19H29N7O. The molecule has 0 N–H and O–H groups in total. The Balaban J connectivity index is 1.48. The number of hydrogen-bond acceptors (Lipinski definition) is 7. The zero-order valence-electron chi connectivity index (χ0n) is 16.6. The Morgan fingerprint density at radius 3 is 2.56 bits per heavy atom. The Kier molecular flexibility index (Phi) is 5.36. The molecule has 2 fully saturated rings. The van der Waals surface area contributed by atoms with Gasteiger partial charge in [-0.3, -0.25) is 4.90 Å². The summed E-state index contributed by atoms with van der Waals surface area (Å²) in [5.74, 6) is 3.31. The number of ether oxygens (including phenoxy) is 1. The molecule has 0 unspecified atom stereocenters. The van der Waals surface area contributed by atoms with Gasteiger partial charge in [0, 0.05) is 50.5 Å². The number of rotatable bonds is 4. The van der Waals surface area contributed by atoms with E-state index < -0.39 is 0 Å². The van der Waals surface area contributed by atoms with Crippen LogP contribution < -0.4 is 4.90 Å². The van der Waals surface area contributed by atoms with Crippen molar-refractivity contribution >= 4 is 5.95 Å². The van der Waals surface area contributed by atoms with Crippen LogP contribution in [0.4, 0.5) is 5.95 Å². The molecule has 146 valence electrons. The third kappa shape index (κ3) is 4.11. The van der Waals surface area contributed by atoms with Crippen molar-refractivity contribution < 1.29 is 4.74 Å². The predicted octanol–water partition coefficient (Wildman–Crippen LogP) is 1.44. The van der Waals surface area contributed by atoms with Crippen LogP contribution in [0.3, 0.4) is 0 Å². The van der Waals surface area contributed by atoms with Crippen LogP contribution in [0, 0.1) is 13.8 Å². The topological polar surface area (TPSA) is 72.2 Å². The molecule has 27 heavy (non-hydrogen) atoms. The van der Waals surface area contributed by atoms with Crippen LogP contribution in [0.15, 0.2) is 6.07 Å². The third-order valence-electron chi connectivity index (χ3n) is 5.51. The Hall–Kier alpha value is -2.06. The fraction of sp³-hybridized carbons (Fsp3) is 0.684. The minimum Gasteiger partial charge on any atom is -0.379 e. The molecule has 8 heteroatoms. The Morgan fingerprint density at radius 2 is 1.81 bits per heavy atom. The summed E-state index contributed by atoms with van der Waals surface area (Å²) in [6.07, 6.45) is 2.25. The van der Waals surface area contributed by atoms with Crippen molar-refractivity contribution in [2.24, 2.45) is 7.05 Å². The predicted molar refractivity (Wildman–Crippen MR) is 103 cm³/mol. The number of morpholine rings is 1. The first kappa shape index (κ1) is 18.3. The van der Waals surface area contributed by atoms with Crippen molar-refractivity contribution in [2.45, 2.75) is 39.2 Å². The largest absolute Gasteiger partial charge is 0.379 e. The Bertz CT molecular complexity index is 764. The van der Waals surface area contributed by atoms with Gasteiger partial charge in [0.05, 0.1) is 19.8 Å². The first-order valence-corrected chi connectivity index (χ1v) is 9.85. The van der Waals surface area contributed by atoms with Gasteiger partial charge in [0.15, 0.2) is 0 Å². The second-order valence-corrected chi connectivity index (χ2v) is 7.66. The van der Waals surface area contributed by atoms with Gasteiger partial charge in [0.2, 0.25) is 5.95 Å². The number of anilines is 1. The molecule has 1 atom stereocenters. The average molecular weight is 371 g/mol. The van der Waals surface area contributed by atoms with Crippen molar-refractivity contribution in [3.63, 3.8) is 0 Å². The van der Waals surface area contributed by atoms with E-state index in [4.69, 9.17) is 4.74 Å². The van der Waals surface area contributed by atoms with Crippen molar-refractivity contribution in [3.05, 3.63) is 29.1 Å². The standard InChI is InChI=1S/C19H29N7O/c1-14-11-15(2)21-19(20-14)26-6-4-5-16(12-26)18-23-22-17(24(18)3)13-25-7-9-27-10-8-25/h11,16H,4-10,12-13H2,1-3H3/t16-/m1/s1. The highest BCUT2D eigenvalue weighted by Crippen LogP contribution is 2.28. The molecular weight excluding hydrogens is 342 g/mol. The summed E-state index contributed by atoms with van der Waals surface area (Å²) in [5.41, 5.74) is 2.04. The van der Waals surface area contributed by atoms with Crippen molar-refractivity contribution in [1.29, 1.82) is 0 Å². The number of nitrogens with zero attached hydrogens (tertiary/aromatic N) is 7. The maximum absolute atomic E-state index is 5.44. The van der Waals surface area contributed by atoms with Crippen LogP contribution in [-0.2, 0) is 18.3 Å². The minimum atomic E-state index is 0.360. The molecule has 0 spiro atoms. The molecule has 0 amide bonds. The summed E-state index contributed by atoms with van der Waals surface area (Å²) in [6.45, 7) is 10.3. The van der Waals surface area contributed by atoms with Gasteiger partial charge >= 0.3 is 0 Å². The van der Waals surface area contributed by atoms with E-state index in [0.29, 0.717) is 5.92 Å². The van der Waals surface area contributed by atoms with Gasteiger partial charge in [-0.25, -0.2) is 9.97 Å². The van der Waals surface area contributed by atoms with Crippen molar-refractivity contribution in [2.75, 3.05) is 44.3 Å². The van der Waals surface area contributed by atoms with Crippen LogP contribution in [0.1, 0.15) is 41.8 Å². The summed E-state index contributed by atoms with van der Waals surface area (Å²) in [5, 5.41) is 9.05. The number of aryl methyl sites for hydroxylation is 2. The van der Waals surface area contributed by atoms with Crippen LogP contribution in [0.5, 0.6) is 0 Å². The Morgan fingerprint density at radius 1 is 1.07 bits per heavy atom. The number of aromatic nitrogens is 5. The molecule has 2 aliphatic heterocycles. The Labute approximate surface area is 160 Å². The highest BCUT2D eigenvalue weighted by Gasteiger charge is 2.28. The highest BCUT2D eigenvalue weighted by atomic mass is 16.5. The van der Waals surface area contributed by atoms with E-state index in [1.807, 2.05) is 19.9 Å². The smallest absolute Gasteiger partial charge is 0.225 e. The second-order valence-electron chi connectivity index (χ2n) is 7.66. The van der Waals surface area contributed by atoms with E-state index in [0.717, 1.165) is 87.8 Å². The van der Waals surface area contributed by atoms with Gasteiger partial charge in [-0.15, -0.1) is 10.2 Å². The van der Waals surface area contributed by atoms with Gasteiger partial charge in [0.25, 0.3) is 0 Å². The molecule has 0 radical (unpaired) electrons. The van der Waals surface area contributed by atoms with E-state index in [-0.39, 0.29) is 0 Å². The molecule has 8 nitrogen and oxygen atoms in total. The fourth-order valence-corrected chi connectivity index (χ4v) is 4.05. The van der Waals surface area contributed by atoms with Crippen LogP contribution in [-0.4, -0.2) is 69.0 Å². The average Bonchev–Trinajstić information content (AvgIpc) is 3.02. The molecule has 0 bridgehead atoms. The van der Waals surface area contributed by atoms with E-state index in [9.17, 15) is 0 Å². The number of piperidine rings is 1. The SMILES string of the molecule is Cc1cc(C)nc(N2CCC[C@@H](c3nnc(CN4CCOCC4)n3C)C2)n1. The van der Waals surface area contributed by atoms with E-state index in [2.05, 4.69) is 41.6 Å². The van der Waals surface area contributed by atoms with Crippen LogP contribution in [0.2, 0.25) is 0 Å². The van der Waals surface area contributed by atoms with E-state index in [1.54, 1.807) is 0 Å². The summed E-state index contributed by atoms with van der Waals surface area (Å²) in [6, 6.07) is 2.02. The van der Waals surface area contributed by atoms with Crippen LogP contribution >= 0.6 is 0 Å². The lowest BCUT2D eigenvalue weighted by Crippen LogP contribution is -2.37. The lowest BCUT2D eigenvalue weighted by atomic mass is 9.97. The van der Waals surface area contributed by atoms with Gasteiger partial charge in [-0.05, 0) is 32.8 Å². The molecule has 2 saturated heterocycles. The first-order chi connectivity index (χ1) is 13.1. The zero-order chi connectivity index (χ0) is 18.8. The summed E-state index contributed by atoms with van der Waals surface area (Å²) >= 11 is 0. The van der Waals surface area contributed by atoms with E-state index >= 15 is 0 Å². The quantitative estimate of drug-likeness (QED) is 0.805. The molecule has 0 aromatic carbocycles. The summed E-state index contributed by atoms with van der Waals surface area (Å²) < 4.78 is 7.62. The van der Waals surface area contributed by atoms with Crippen LogP contribution in [0.25, 0.3) is 0 Å². The molecule has 2 aromatic heterocycles. The summed E-state index contributed by atoms with van der Waals surface area (Å²) in [4.78, 5) is 14.0. The minimum absolute atomic E-state index is 0.360. The lowest BCUT2D eigenvalue weighted by Gasteiger charge is -2.32. The molecule has 0 saturated carbocycles. The zero-order valence-corrected chi connectivity index (χ0v) is 16.6. The molecule has 2 aromatic rings. The molecule has 0 aliphatic carbocycles. The monoisotopic (exact) mass is 371 g/mol. The molecule has 4 heterocycles. The maximum Gasteiger partial charge on any atom is 0.225 e. The van der Waals surface area contributed by atoms with E-state index in [1.165, 1.54) is 0 Å². The van der Waals surface area contributed by atoms with Gasteiger partial charge in [-0.2, -0.15) is 0 Å². The van der Waals surface area contributed by atoms with Gasteiger partial charge < -0.3 is 14.2 Å². The van der Waals surface area contributed by atoms with Gasteiger partial charge in [-0.1, -0.05) is 0 Å². The number of hydrogen-bond donors (Lipinski definition) is 0. The lowest BCUT2D eigenvalue weighted by molar-refractivity contribution is 0.0326.